The SMILES string of the molecule is CCOC(=O)C1CCCN(C(=NC)NCc2ccsc2)C1.I. The lowest BCUT2D eigenvalue weighted by Crippen LogP contribution is -2.48. The number of nitrogens with one attached hydrogen (secondary N) is 1. The van der Waals surface area contributed by atoms with Crippen LogP contribution < -0.4 is 5.32 Å². The molecule has 1 saturated heterocycles. The van der Waals surface area contributed by atoms with E-state index in [-0.39, 0.29) is 35.9 Å². The van der Waals surface area contributed by atoms with Gasteiger partial charge in [0.1, 0.15) is 0 Å². The summed E-state index contributed by atoms with van der Waals surface area (Å²) in [5.74, 6) is 0.726. The van der Waals surface area contributed by atoms with E-state index in [0.717, 1.165) is 31.9 Å². The molecule has 0 amide bonds. The van der Waals surface area contributed by atoms with Crippen LogP contribution in [0.5, 0.6) is 0 Å². The van der Waals surface area contributed by atoms with Gasteiger partial charge in [-0.25, -0.2) is 0 Å². The molecule has 0 radical (unpaired) electrons. The van der Waals surface area contributed by atoms with Crippen molar-refractivity contribution >= 4 is 47.2 Å². The van der Waals surface area contributed by atoms with Crippen LogP contribution >= 0.6 is 35.3 Å². The van der Waals surface area contributed by atoms with Gasteiger partial charge >= 0.3 is 5.97 Å². The Morgan fingerprint density at radius 1 is 1.59 bits per heavy atom. The molecule has 1 fully saturated rings. The topological polar surface area (TPSA) is 53.9 Å². The molecule has 0 aromatic carbocycles. The third kappa shape index (κ3) is 5.42. The van der Waals surface area contributed by atoms with E-state index in [0.29, 0.717) is 13.2 Å². The highest BCUT2D eigenvalue weighted by Gasteiger charge is 2.28. The number of halogens is 1. The number of nitrogens with zero attached hydrogens (tertiary/aromatic N) is 2. The average molecular weight is 437 g/mol. The number of aliphatic imine (C=N–C) groups is 1. The molecule has 0 spiro atoms. The molecule has 1 aliphatic heterocycles. The lowest BCUT2D eigenvalue weighted by Gasteiger charge is -2.33. The summed E-state index contributed by atoms with van der Waals surface area (Å²) in [5.41, 5.74) is 1.25. The van der Waals surface area contributed by atoms with Crippen LogP contribution in [0.1, 0.15) is 25.3 Å². The largest absolute Gasteiger partial charge is 0.466 e. The fourth-order valence-corrected chi connectivity index (χ4v) is 3.20. The summed E-state index contributed by atoms with van der Waals surface area (Å²) < 4.78 is 5.14. The Bertz CT molecular complexity index is 479. The summed E-state index contributed by atoms with van der Waals surface area (Å²) in [5, 5.41) is 7.55. The second kappa shape index (κ2) is 10.0. The standard InChI is InChI=1S/C15H23N3O2S.HI/c1-3-20-14(19)13-5-4-7-18(10-13)15(16-2)17-9-12-6-8-21-11-12;/h6,8,11,13H,3-5,7,9-10H2,1-2H3,(H,16,17);1H. The number of ether oxygens (including phenoxy) is 1. The first-order valence-corrected chi connectivity index (χ1v) is 8.32. The number of carbonyl (C=O) groups excluding carboxylic acids is 1. The number of likely N-dealkylation sites (tertiary alicyclic amines) is 1. The smallest absolute Gasteiger partial charge is 0.310 e. The Labute approximate surface area is 153 Å². The molecule has 1 aromatic rings. The molecule has 1 unspecified atom stereocenters. The van der Waals surface area contributed by atoms with Gasteiger partial charge in [-0.15, -0.1) is 24.0 Å². The van der Waals surface area contributed by atoms with E-state index in [1.165, 1.54) is 5.56 Å². The van der Waals surface area contributed by atoms with Gasteiger partial charge in [0, 0.05) is 26.7 Å². The molecule has 0 aliphatic carbocycles. The first-order chi connectivity index (χ1) is 10.2. The van der Waals surface area contributed by atoms with Crippen molar-refractivity contribution in [2.45, 2.75) is 26.3 Å². The summed E-state index contributed by atoms with van der Waals surface area (Å²) >= 11 is 1.69. The van der Waals surface area contributed by atoms with Crippen molar-refractivity contribution in [1.82, 2.24) is 10.2 Å². The second-order valence-corrected chi connectivity index (χ2v) is 5.85. The first-order valence-electron chi connectivity index (χ1n) is 7.38. The number of hydrogen-bond donors (Lipinski definition) is 1. The van der Waals surface area contributed by atoms with Gasteiger partial charge in [-0.3, -0.25) is 9.79 Å². The predicted octanol–water partition coefficient (Wildman–Crippen LogP) is 2.72. The molecule has 1 aromatic heterocycles. The van der Waals surface area contributed by atoms with Crippen LogP contribution in [0.15, 0.2) is 21.8 Å². The van der Waals surface area contributed by atoms with Gasteiger partial charge in [0.2, 0.25) is 0 Å². The third-order valence-electron chi connectivity index (χ3n) is 3.58. The average Bonchev–Trinajstić information content (AvgIpc) is 3.02. The Balaban J connectivity index is 0.00000242. The van der Waals surface area contributed by atoms with Crippen molar-refractivity contribution in [3.8, 4) is 0 Å². The van der Waals surface area contributed by atoms with Gasteiger partial charge in [0.15, 0.2) is 5.96 Å². The number of rotatable bonds is 4. The monoisotopic (exact) mass is 437 g/mol. The number of esters is 1. The molecule has 0 bridgehead atoms. The second-order valence-electron chi connectivity index (χ2n) is 5.07. The molecule has 1 atom stereocenters. The quantitative estimate of drug-likeness (QED) is 0.341. The van der Waals surface area contributed by atoms with Crippen LogP contribution in [-0.4, -0.2) is 43.6 Å². The first kappa shape index (κ1) is 19.2. The molecule has 2 heterocycles. The Kier molecular flexibility index (Phi) is 8.77. The number of thiophene rings is 1. The van der Waals surface area contributed by atoms with E-state index in [1.54, 1.807) is 18.4 Å². The Hall–Kier alpha value is -0.830. The minimum Gasteiger partial charge on any atom is -0.466 e. The molecule has 5 nitrogen and oxygen atoms in total. The minimum absolute atomic E-state index is 0. The predicted molar refractivity (Wildman–Crippen MR) is 101 cm³/mol. The van der Waals surface area contributed by atoms with Crippen molar-refractivity contribution < 1.29 is 9.53 Å². The molecule has 1 N–H and O–H groups in total. The summed E-state index contributed by atoms with van der Waals surface area (Å²) in [4.78, 5) is 18.4. The summed E-state index contributed by atoms with van der Waals surface area (Å²) in [6.07, 6.45) is 1.89. The number of guanidine groups is 1. The van der Waals surface area contributed by atoms with Gasteiger partial charge in [0.05, 0.1) is 12.5 Å². The highest BCUT2D eigenvalue weighted by Crippen LogP contribution is 2.18. The molecule has 7 heteroatoms. The van der Waals surface area contributed by atoms with Crippen LogP contribution in [-0.2, 0) is 16.1 Å². The summed E-state index contributed by atoms with van der Waals surface area (Å²) in [6, 6.07) is 2.10. The van der Waals surface area contributed by atoms with Gasteiger partial charge in [0.25, 0.3) is 0 Å². The zero-order valence-corrected chi connectivity index (χ0v) is 16.2. The van der Waals surface area contributed by atoms with Crippen LogP contribution in [0.4, 0.5) is 0 Å². The van der Waals surface area contributed by atoms with Crippen molar-refractivity contribution in [2.24, 2.45) is 10.9 Å². The summed E-state index contributed by atoms with van der Waals surface area (Å²) in [6.45, 7) is 4.67. The fraction of sp³-hybridized carbons (Fsp3) is 0.600. The highest BCUT2D eigenvalue weighted by atomic mass is 127. The molecular weight excluding hydrogens is 413 g/mol. The van der Waals surface area contributed by atoms with Crippen LogP contribution in [0.3, 0.4) is 0 Å². The van der Waals surface area contributed by atoms with Gasteiger partial charge < -0.3 is 15.0 Å². The normalized spacial score (nSPS) is 18.5. The van der Waals surface area contributed by atoms with E-state index >= 15 is 0 Å². The fourth-order valence-electron chi connectivity index (χ4n) is 2.53. The molecular formula is C15H24IN3O2S. The maximum Gasteiger partial charge on any atom is 0.310 e. The third-order valence-corrected chi connectivity index (χ3v) is 4.32. The van der Waals surface area contributed by atoms with E-state index < -0.39 is 0 Å². The van der Waals surface area contributed by atoms with Gasteiger partial charge in [-0.05, 0) is 42.2 Å². The van der Waals surface area contributed by atoms with E-state index in [9.17, 15) is 4.79 Å². The lowest BCUT2D eigenvalue weighted by molar-refractivity contribution is -0.149. The number of piperidine rings is 1. The molecule has 2 rings (SSSR count). The van der Waals surface area contributed by atoms with Crippen LogP contribution in [0.25, 0.3) is 0 Å². The maximum atomic E-state index is 11.9. The molecule has 0 saturated carbocycles. The molecule has 22 heavy (non-hydrogen) atoms. The van der Waals surface area contributed by atoms with Crippen molar-refractivity contribution in [2.75, 3.05) is 26.7 Å². The van der Waals surface area contributed by atoms with Crippen molar-refractivity contribution in [3.63, 3.8) is 0 Å². The number of hydrogen-bond acceptors (Lipinski definition) is 4. The number of carbonyl (C=O) groups is 1. The maximum absolute atomic E-state index is 11.9. The van der Waals surface area contributed by atoms with E-state index in [4.69, 9.17) is 4.74 Å². The zero-order valence-electron chi connectivity index (χ0n) is 13.1. The summed E-state index contributed by atoms with van der Waals surface area (Å²) in [7, 11) is 1.78. The van der Waals surface area contributed by atoms with E-state index in [2.05, 4.69) is 32.0 Å². The minimum atomic E-state index is -0.0875. The van der Waals surface area contributed by atoms with Crippen LogP contribution in [0, 0.1) is 5.92 Å². The lowest BCUT2D eigenvalue weighted by atomic mass is 9.98. The molecule has 124 valence electrons. The Morgan fingerprint density at radius 3 is 3.05 bits per heavy atom. The highest BCUT2D eigenvalue weighted by molar-refractivity contribution is 14.0. The van der Waals surface area contributed by atoms with Gasteiger partial charge in [-0.2, -0.15) is 11.3 Å². The van der Waals surface area contributed by atoms with Crippen molar-refractivity contribution in [3.05, 3.63) is 22.4 Å². The molecule has 1 aliphatic rings. The van der Waals surface area contributed by atoms with Crippen molar-refractivity contribution in [1.29, 1.82) is 0 Å². The van der Waals surface area contributed by atoms with Crippen LogP contribution in [0.2, 0.25) is 0 Å². The Morgan fingerprint density at radius 2 is 2.41 bits per heavy atom. The van der Waals surface area contributed by atoms with E-state index in [1.807, 2.05) is 6.92 Å². The van der Waals surface area contributed by atoms with Gasteiger partial charge in [-0.1, -0.05) is 0 Å². The zero-order chi connectivity index (χ0) is 15.1.